The van der Waals surface area contributed by atoms with Gasteiger partial charge in [-0.25, -0.2) is 9.97 Å². The average Bonchev–Trinajstić information content (AvgIpc) is 2.40. The highest BCUT2D eigenvalue weighted by Crippen LogP contribution is 2.19. The largest absolute Gasteiger partial charge is 0.351 e. The zero-order valence-electron chi connectivity index (χ0n) is 11.6. The molecule has 0 aromatic carbocycles. The van der Waals surface area contributed by atoms with Crippen LogP contribution in [0, 0.1) is 0 Å². The van der Waals surface area contributed by atoms with E-state index in [-0.39, 0.29) is 11.9 Å². The van der Waals surface area contributed by atoms with Crippen molar-refractivity contribution in [2.75, 3.05) is 5.32 Å². The van der Waals surface area contributed by atoms with E-state index >= 15 is 0 Å². The van der Waals surface area contributed by atoms with Crippen molar-refractivity contribution in [1.29, 1.82) is 0 Å². The van der Waals surface area contributed by atoms with Gasteiger partial charge in [-0.05, 0) is 26.7 Å². The van der Waals surface area contributed by atoms with Crippen LogP contribution >= 0.6 is 0 Å². The van der Waals surface area contributed by atoms with Gasteiger partial charge in [-0.1, -0.05) is 19.3 Å². The van der Waals surface area contributed by atoms with E-state index in [1.54, 1.807) is 12.4 Å². The lowest BCUT2D eigenvalue weighted by molar-refractivity contribution is 0.0942. The predicted molar refractivity (Wildman–Crippen MR) is 75.1 cm³/mol. The number of carbonyl (C=O) groups is 1. The van der Waals surface area contributed by atoms with Gasteiger partial charge >= 0.3 is 0 Å². The Bertz CT molecular complexity index is 410. The lowest BCUT2D eigenvalue weighted by Crippen LogP contribution is -2.30. The number of hydrogen-bond acceptors (Lipinski definition) is 4. The molecule has 1 saturated carbocycles. The quantitative estimate of drug-likeness (QED) is 0.874. The summed E-state index contributed by atoms with van der Waals surface area (Å²) in [5.41, 5.74) is 0.503. The number of aromatic nitrogens is 2. The molecule has 2 rings (SSSR count). The Balaban J connectivity index is 1.92. The second-order valence-corrected chi connectivity index (χ2v) is 5.40. The summed E-state index contributed by atoms with van der Waals surface area (Å²) in [6.07, 6.45) is 9.38. The maximum absolute atomic E-state index is 11.7. The minimum atomic E-state index is -0.126. The fourth-order valence-corrected chi connectivity index (χ4v) is 2.29. The Hall–Kier alpha value is -1.65. The first-order valence-electron chi connectivity index (χ1n) is 7.04. The Labute approximate surface area is 114 Å². The van der Waals surface area contributed by atoms with Crippen LogP contribution in [0.1, 0.15) is 56.3 Å². The van der Waals surface area contributed by atoms with Crippen molar-refractivity contribution in [3.8, 4) is 0 Å². The molecule has 0 saturated heterocycles. The van der Waals surface area contributed by atoms with Crippen molar-refractivity contribution >= 4 is 11.9 Å². The van der Waals surface area contributed by atoms with Gasteiger partial charge in [0.15, 0.2) is 0 Å². The minimum absolute atomic E-state index is 0.118. The van der Waals surface area contributed by atoms with Gasteiger partial charge in [-0.3, -0.25) is 4.79 Å². The second kappa shape index (κ2) is 6.50. The average molecular weight is 262 g/mol. The Morgan fingerprint density at radius 2 is 1.84 bits per heavy atom. The number of nitrogens with one attached hydrogen (secondary N) is 2. The first-order valence-corrected chi connectivity index (χ1v) is 7.04. The molecule has 0 spiro atoms. The second-order valence-electron chi connectivity index (χ2n) is 5.40. The van der Waals surface area contributed by atoms with Crippen LogP contribution in [-0.4, -0.2) is 28.0 Å². The van der Waals surface area contributed by atoms with E-state index in [9.17, 15) is 4.79 Å². The van der Waals surface area contributed by atoms with Crippen LogP contribution in [0.2, 0.25) is 0 Å². The summed E-state index contributed by atoms with van der Waals surface area (Å²) in [6, 6.07) is 0.594. The smallest absolute Gasteiger partial charge is 0.254 e. The van der Waals surface area contributed by atoms with Crippen LogP contribution in [0.3, 0.4) is 0 Å². The van der Waals surface area contributed by atoms with E-state index in [2.05, 4.69) is 20.6 Å². The molecule has 1 aromatic rings. The number of nitrogens with zero attached hydrogens (tertiary/aromatic N) is 2. The maximum Gasteiger partial charge on any atom is 0.254 e. The molecule has 0 bridgehead atoms. The molecular weight excluding hydrogens is 240 g/mol. The van der Waals surface area contributed by atoms with Gasteiger partial charge < -0.3 is 10.6 Å². The highest BCUT2D eigenvalue weighted by atomic mass is 16.1. The molecule has 104 valence electrons. The third-order valence-corrected chi connectivity index (χ3v) is 3.27. The van der Waals surface area contributed by atoms with Gasteiger partial charge in [0.25, 0.3) is 5.91 Å². The van der Waals surface area contributed by atoms with Crippen molar-refractivity contribution in [1.82, 2.24) is 15.3 Å². The molecule has 0 unspecified atom stereocenters. The molecular formula is C14H22N4O. The van der Waals surface area contributed by atoms with Crippen molar-refractivity contribution in [2.45, 2.75) is 58.0 Å². The van der Waals surface area contributed by atoms with E-state index in [1.165, 1.54) is 32.1 Å². The Kier molecular flexibility index (Phi) is 4.71. The minimum Gasteiger partial charge on any atom is -0.351 e. The highest BCUT2D eigenvalue weighted by Gasteiger charge is 2.14. The Morgan fingerprint density at radius 1 is 1.21 bits per heavy atom. The molecule has 5 heteroatoms. The summed E-state index contributed by atoms with van der Waals surface area (Å²) in [7, 11) is 0. The zero-order valence-corrected chi connectivity index (χ0v) is 11.6. The molecule has 19 heavy (non-hydrogen) atoms. The van der Waals surface area contributed by atoms with Crippen LogP contribution in [0.25, 0.3) is 0 Å². The fourth-order valence-electron chi connectivity index (χ4n) is 2.29. The van der Waals surface area contributed by atoms with Crippen LogP contribution in [0.5, 0.6) is 0 Å². The first kappa shape index (κ1) is 13.8. The predicted octanol–water partition coefficient (Wildman–Crippen LogP) is 2.36. The zero-order chi connectivity index (χ0) is 13.7. The third-order valence-electron chi connectivity index (χ3n) is 3.27. The van der Waals surface area contributed by atoms with Crippen molar-refractivity contribution in [2.24, 2.45) is 0 Å². The van der Waals surface area contributed by atoms with Gasteiger partial charge in [0.1, 0.15) is 0 Å². The van der Waals surface area contributed by atoms with Gasteiger partial charge in [0, 0.05) is 24.5 Å². The highest BCUT2D eigenvalue weighted by molar-refractivity contribution is 5.93. The molecule has 5 nitrogen and oxygen atoms in total. The van der Waals surface area contributed by atoms with Gasteiger partial charge in [0.05, 0.1) is 5.56 Å². The molecule has 1 aromatic heterocycles. The molecule has 1 fully saturated rings. The van der Waals surface area contributed by atoms with E-state index in [0.717, 1.165) is 0 Å². The van der Waals surface area contributed by atoms with Crippen LogP contribution in [0.15, 0.2) is 12.4 Å². The van der Waals surface area contributed by atoms with Gasteiger partial charge in [-0.2, -0.15) is 0 Å². The SMILES string of the molecule is CC(C)NC(=O)c1cnc(NC2CCCCC2)nc1. The van der Waals surface area contributed by atoms with Crippen molar-refractivity contribution in [3.63, 3.8) is 0 Å². The lowest BCUT2D eigenvalue weighted by atomic mass is 9.96. The number of rotatable bonds is 4. The molecule has 2 N–H and O–H groups in total. The molecule has 1 aliphatic carbocycles. The third kappa shape index (κ3) is 4.19. The molecule has 0 aliphatic heterocycles. The van der Waals surface area contributed by atoms with E-state index < -0.39 is 0 Å². The van der Waals surface area contributed by atoms with E-state index in [0.29, 0.717) is 17.6 Å². The summed E-state index contributed by atoms with van der Waals surface area (Å²) in [6.45, 7) is 3.86. The maximum atomic E-state index is 11.7. The van der Waals surface area contributed by atoms with Crippen LogP contribution in [-0.2, 0) is 0 Å². The van der Waals surface area contributed by atoms with Gasteiger partial charge in [-0.15, -0.1) is 0 Å². The lowest BCUT2D eigenvalue weighted by Gasteiger charge is -2.22. The van der Waals surface area contributed by atoms with E-state index in [4.69, 9.17) is 0 Å². The van der Waals surface area contributed by atoms with Crippen molar-refractivity contribution < 1.29 is 4.79 Å². The fraction of sp³-hybridized carbons (Fsp3) is 0.643. The number of amides is 1. The molecule has 0 radical (unpaired) electrons. The van der Waals surface area contributed by atoms with Gasteiger partial charge in [0.2, 0.25) is 5.95 Å². The number of hydrogen-bond donors (Lipinski definition) is 2. The summed E-state index contributed by atoms with van der Waals surface area (Å²) < 4.78 is 0. The number of carbonyl (C=O) groups excluding carboxylic acids is 1. The first-order chi connectivity index (χ1) is 9.15. The molecule has 1 heterocycles. The summed E-state index contributed by atoms with van der Waals surface area (Å²) in [5, 5.41) is 6.15. The Morgan fingerprint density at radius 3 is 2.42 bits per heavy atom. The molecule has 1 aliphatic rings. The number of anilines is 1. The summed E-state index contributed by atoms with van der Waals surface area (Å²) in [5.74, 6) is 0.493. The van der Waals surface area contributed by atoms with Crippen molar-refractivity contribution in [3.05, 3.63) is 18.0 Å². The standard InChI is InChI=1S/C14H22N4O/c1-10(2)17-13(19)11-8-15-14(16-9-11)18-12-6-4-3-5-7-12/h8-10,12H,3-7H2,1-2H3,(H,17,19)(H,15,16,18). The topological polar surface area (TPSA) is 66.9 Å². The summed E-state index contributed by atoms with van der Waals surface area (Å²) in [4.78, 5) is 20.2. The van der Waals surface area contributed by atoms with Crippen LogP contribution in [0.4, 0.5) is 5.95 Å². The normalized spacial score (nSPS) is 16.4. The molecule has 0 atom stereocenters. The van der Waals surface area contributed by atoms with Crippen LogP contribution < -0.4 is 10.6 Å². The molecule has 1 amide bonds. The monoisotopic (exact) mass is 262 g/mol. The van der Waals surface area contributed by atoms with E-state index in [1.807, 2.05) is 13.8 Å². The summed E-state index contributed by atoms with van der Waals surface area (Å²) >= 11 is 0.